The van der Waals surface area contributed by atoms with Gasteiger partial charge in [0, 0.05) is 12.1 Å². The maximum Gasteiger partial charge on any atom is 0.277 e. The van der Waals surface area contributed by atoms with Crippen LogP contribution in [0.1, 0.15) is 18.1 Å². The second-order valence-electron chi connectivity index (χ2n) is 6.17. The van der Waals surface area contributed by atoms with Gasteiger partial charge in [-0.2, -0.15) is 0 Å². The normalized spacial score (nSPS) is 12.0. The van der Waals surface area contributed by atoms with E-state index in [1.165, 1.54) is 23.9 Å². The van der Waals surface area contributed by atoms with Gasteiger partial charge < -0.3 is 9.73 Å². The molecule has 1 atom stereocenters. The van der Waals surface area contributed by atoms with Gasteiger partial charge in [0.15, 0.2) is 0 Å². The van der Waals surface area contributed by atoms with Gasteiger partial charge in [-0.1, -0.05) is 41.6 Å². The van der Waals surface area contributed by atoms with Crippen molar-refractivity contribution < 1.29 is 13.6 Å². The van der Waals surface area contributed by atoms with Crippen LogP contribution in [0.25, 0.3) is 11.5 Å². The second kappa shape index (κ2) is 8.81. The molecule has 27 heavy (non-hydrogen) atoms. The monoisotopic (exact) mass is 385 g/mol. The number of nitrogens with one attached hydrogen (secondary N) is 1. The van der Waals surface area contributed by atoms with Crippen molar-refractivity contribution in [3.8, 4) is 11.5 Å². The van der Waals surface area contributed by atoms with Crippen molar-refractivity contribution in [2.75, 3.05) is 6.54 Å². The summed E-state index contributed by atoms with van der Waals surface area (Å²) in [6, 6.07) is 14.0. The number of rotatable bonds is 7. The van der Waals surface area contributed by atoms with Crippen molar-refractivity contribution in [3.63, 3.8) is 0 Å². The Balaban J connectivity index is 1.49. The van der Waals surface area contributed by atoms with Crippen LogP contribution in [-0.4, -0.2) is 27.9 Å². The van der Waals surface area contributed by atoms with E-state index in [2.05, 4.69) is 15.5 Å². The summed E-state index contributed by atoms with van der Waals surface area (Å²) < 4.78 is 18.5. The number of carbonyl (C=O) groups excluding carboxylic acids is 1. The summed E-state index contributed by atoms with van der Waals surface area (Å²) in [6.45, 7) is 4.27. The molecule has 7 heteroatoms. The van der Waals surface area contributed by atoms with Crippen molar-refractivity contribution in [1.82, 2.24) is 15.5 Å². The highest BCUT2D eigenvalue weighted by Gasteiger charge is 2.18. The summed E-state index contributed by atoms with van der Waals surface area (Å²) in [5, 5.41) is 10.9. The van der Waals surface area contributed by atoms with E-state index in [0.717, 1.165) is 16.7 Å². The highest BCUT2D eigenvalue weighted by Crippen LogP contribution is 2.26. The average Bonchev–Trinajstić information content (AvgIpc) is 3.12. The van der Waals surface area contributed by atoms with Crippen LogP contribution in [0.4, 0.5) is 4.39 Å². The predicted molar refractivity (Wildman–Crippen MR) is 103 cm³/mol. The van der Waals surface area contributed by atoms with Crippen LogP contribution in [0.2, 0.25) is 0 Å². The standard InChI is InChI=1S/C20H20FN3O2S/c1-13-3-7-16(8-4-13)19-23-24-20(26-19)27-14(2)18(25)22-12-11-15-5-9-17(21)10-6-15/h3-10,14H,11-12H2,1-2H3,(H,22,25)/t14-/m1/s1. The van der Waals surface area contributed by atoms with E-state index in [4.69, 9.17) is 4.42 Å². The Morgan fingerprint density at radius 2 is 1.85 bits per heavy atom. The van der Waals surface area contributed by atoms with Gasteiger partial charge >= 0.3 is 0 Å². The minimum absolute atomic E-state index is 0.114. The van der Waals surface area contributed by atoms with Gasteiger partial charge in [0.05, 0.1) is 5.25 Å². The van der Waals surface area contributed by atoms with E-state index < -0.39 is 0 Å². The van der Waals surface area contributed by atoms with E-state index in [-0.39, 0.29) is 17.0 Å². The molecule has 1 amide bonds. The molecule has 0 aliphatic heterocycles. The van der Waals surface area contributed by atoms with E-state index in [1.807, 2.05) is 31.2 Å². The summed E-state index contributed by atoms with van der Waals surface area (Å²) in [7, 11) is 0. The van der Waals surface area contributed by atoms with Crippen LogP contribution in [-0.2, 0) is 11.2 Å². The fraction of sp³-hybridized carbons (Fsp3) is 0.250. The Bertz CT molecular complexity index is 894. The van der Waals surface area contributed by atoms with Gasteiger partial charge in [0.2, 0.25) is 11.8 Å². The Hall–Kier alpha value is -2.67. The lowest BCUT2D eigenvalue weighted by Gasteiger charge is -2.09. The summed E-state index contributed by atoms with van der Waals surface area (Å²) in [4.78, 5) is 12.2. The van der Waals surface area contributed by atoms with E-state index in [0.29, 0.717) is 24.1 Å². The van der Waals surface area contributed by atoms with Gasteiger partial charge in [-0.3, -0.25) is 4.79 Å². The molecule has 0 saturated carbocycles. The molecule has 140 valence electrons. The number of nitrogens with zero attached hydrogens (tertiary/aromatic N) is 2. The number of hydrogen-bond acceptors (Lipinski definition) is 5. The van der Waals surface area contributed by atoms with Gasteiger partial charge in [0.25, 0.3) is 5.22 Å². The Morgan fingerprint density at radius 3 is 2.56 bits per heavy atom. The lowest BCUT2D eigenvalue weighted by molar-refractivity contribution is -0.120. The maximum absolute atomic E-state index is 12.9. The van der Waals surface area contributed by atoms with Crippen molar-refractivity contribution in [2.45, 2.75) is 30.7 Å². The largest absolute Gasteiger partial charge is 0.411 e. The SMILES string of the molecule is Cc1ccc(-c2nnc(S[C@H](C)C(=O)NCCc3ccc(F)cc3)o2)cc1. The topological polar surface area (TPSA) is 68.0 Å². The van der Waals surface area contributed by atoms with E-state index >= 15 is 0 Å². The van der Waals surface area contributed by atoms with Gasteiger partial charge in [-0.15, -0.1) is 10.2 Å². The molecular weight excluding hydrogens is 365 g/mol. The van der Waals surface area contributed by atoms with Crippen LogP contribution in [0.3, 0.4) is 0 Å². The highest BCUT2D eigenvalue weighted by molar-refractivity contribution is 8.00. The number of aromatic nitrogens is 2. The zero-order valence-electron chi connectivity index (χ0n) is 15.1. The molecule has 2 aromatic carbocycles. The molecule has 0 aliphatic rings. The Morgan fingerprint density at radius 1 is 1.15 bits per heavy atom. The minimum atomic E-state index is -0.371. The number of thioether (sulfide) groups is 1. The first-order valence-electron chi connectivity index (χ1n) is 8.60. The second-order valence-corrected chi connectivity index (χ2v) is 7.46. The predicted octanol–water partition coefficient (Wildman–Crippen LogP) is 4.02. The molecule has 0 aliphatic carbocycles. The zero-order chi connectivity index (χ0) is 19.2. The molecular formula is C20H20FN3O2S. The van der Waals surface area contributed by atoms with Gasteiger partial charge in [-0.25, -0.2) is 4.39 Å². The lowest BCUT2D eigenvalue weighted by atomic mass is 10.1. The lowest BCUT2D eigenvalue weighted by Crippen LogP contribution is -2.32. The number of aryl methyl sites for hydroxylation is 1. The first-order valence-corrected chi connectivity index (χ1v) is 9.48. The van der Waals surface area contributed by atoms with Crippen molar-refractivity contribution in [3.05, 3.63) is 65.5 Å². The fourth-order valence-electron chi connectivity index (χ4n) is 2.40. The van der Waals surface area contributed by atoms with Crippen molar-refractivity contribution in [1.29, 1.82) is 0 Å². The molecule has 0 saturated heterocycles. The minimum Gasteiger partial charge on any atom is -0.411 e. The van der Waals surface area contributed by atoms with Crippen LogP contribution in [0, 0.1) is 12.7 Å². The molecule has 1 aromatic heterocycles. The highest BCUT2D eigenvalue weighted by atomic mass is 32.2. The summed E-state index contributed by atoms with van der Waals surface area (Å²) in [6.07, 6.45) is 0.640. The first kappa shape index (κ1) is 19.1. The molecule has 3 aromatic rings. The van der Waals surface area contributed by atoms with Crippen LogP contribution in [0.5, 0.6) is 0 Å². The number of benzene rings is 2. The third-order valence-corrected chi connectivity index (χ3v) is 4.91. The van der Waals surface area contributed by atoms with Crippen LogP contribution < -0.4 is 5.32 Å². The zero-order valence-corrected chi connectivity index (χ0v) is 15.9. The third-order valence-electron chi connectivity index (χ3n) is 3.98. The first-order chi connectivity index (χ1) is 13.0. The Labute approximate surface area is 161 Å². The van der Waals surface area contributed by atoms with Crippen LogP contribution >= 0.6 is 11.8 Å². The molecule has 1 N–H and O–H groups in total. The number of amides is 1. The number of halogens is 1. The maximum atomic E-state index is 12.9. The molecule has 0 spiro atoms. The quantitative estimate of drug-likeness (QED) is 0.622. The van der Waals surface area contributed by atoms with Gasteiger partial charge in [-0.05, 0) is 50.1 Å². The molecule has 0 bridgehead atoms. The van der Waals surface area contributed by atoms with E-state index in [9.17, 15) is 9.18 Å². The summed E-state index contributed by atoms with van der Waals surface area (Å²) in [5.41, 5.74) is 2.96. The molecule has 1 heterocycles. The smallest absolute Gasteiger partial charge is 0.277 e. The average molecular weight is 385 g/mol. The number of carbonyl (C=O) groups is 1. The molecule has 3 rings (SSSR count). The molecule has 0 unspecified atom stereocenters. The van der Waals surface area contributed by atoms with Crippen molar-refractivity contribution >= 4 is 17.7 Å². The molecule has 0 fully saturated rings. The van der Waals surface area contributed by atoms with Crippen LogP contribution in [0.15, 0.2) is 58.2 Å². The summed E-state index contributed by atoms with van der Waals surface area (Å²) in [5.74, 6) is 0.0518. The summed E-state index contributed by atoms with van der Waals surface area (Å²) >= 11 is 1.22. The Kier molecular flexibility index (Phi) is 6.24. The molecule has 5 nitrogen and oxygen atoms in total. The van der Waals surface area contributed by atoms with Gasteiger partial charge in [0.1, 0.15) is 5.82 Å². The molecule has 0 radical (unpaired) electrons. The van der Waals surface area contributed by atoms with E-state index in [1.54, 1.807) is 19.1 Å². The number of hydrogen-bond donors (Lipinski definition) is 1. The van der Waals surface area contributed by atoms with Crippen molar-refractivity contribution in [2.24, 2.45) is 0 Å². The third kappa shape index (κ3) is 5.40. The fourth-order valence-corrected chi connectivity index (χ4v) is 3.11.